The van der Waals surface area contributed by atoms with Crippen LogP contribution in [0.4, 0.5) is 0 Å². The van der Waals surface area contributed by atoms with E-state index in [-0.39, 0.29) is 0 Å². The zero-order valence-corrected chi connectivity index (χ0v) is 41.0. The first kappa shape index (κ1) is 46.8. The molecule has 0 saturated carbocycles. The van der Waals surface area contributed by atoms with Gasteiger partial charge in [-0.25, -0.2) is 0 Å². The Kier molecular flexibility index (Phi) is 14.5. The third-order valence-electron chi connectivity index (χ3n) is 13.5. The van der Waals surface area contributed by atoms with Crippen LogP contribution in [-0.2, 0) is 5.41 Å². The van der Waals surface area contributed by atoms with Crippen LogP contribution in [0.5, 0.6) is 0 Å². The van der Waals surface area contributed by atoms with Crippen molar-refractivity contribution < 1.29 is 0 Å². The van der Waals surface area contributed by atoms with Crippen molar-refractivity contribution >= 4 is 39.3 Å². The zero-order chi connectivity index (χ0) is 48.3. The van der Waals surface area contributed by atoms with Crippen molar-refractivity contribution in [1.82, 2.24) is 0 Å². The van der Waals surface area contributed by atoms with E-state index in [1.807, 2.05) is 0 Å². The van der Waals surface area contributed by atoms with E-state index >= 15 is 0 Å². The van der Waals surface area contributed by atoms with Crippen LogP contribution in [-0.4, -0.2) is 0 Å². The van der Waals surface area contributed by atoms with Crippen LogP contribution in [0.3, 0.4) is 0 Å². The second-order valence-electron chi connectivity index (χ2n) is 18.0. The molecule has 0 nitrogen and oxygen atoms in total. The molecule has 70 heavy (non-hydrogen) atoms. The quantitative estimate of drug-likeness (QED) is 0.140. The summed E-state index contributed by atoms with van der Waals surface area (Å²) in [5, 5.41) is 5.38. The molecule has 0 aromatic heterocycles. The van der Waals surface area contributed by atoms with E-state index in [4.69, 9.17) is 0 Å². The lowest BCUT2D eigenvalue weighted by atomic mass is 9.67. The van der Waals surface area contributed by atoms with E-state index in [1.165, 1.54) is 105 Å². The zero-order valence-electron chi connectivity index (χ0n) is 41.0. The van der Waals surface area contributed by atoms with E-state index < -0.39 is 5.41 Å². The highest BCUT2D eigenvalue weighted by Gasteiger charge is 2.47. The minimum Gasteiger partial charge on any atom is -0.0876 e. The van der Waals surface area contributed by atoms with Crippen molar-refractivity contribution in [2.45, 2.75) is 40.0 Å². The Labute approximate surface area is 416 Å². The molecular weight excluding hydrogens is 841 g/mol. The predicted octanol–water partition coefficient (Wildman–Crippen LogP) is 19.0. The molecular formula is C70H60. The summed E-state index contributed by atoms with van der Waals surface area (Å²) >= 11 is 0. The number of aryl methyl sites for hydroxylation is 3. The molecule has 0 spiro atoms. The Balaban J connectivity index is 0.000000156. The van der Waals surface area contributed by atoms with Crippen LogP contribution in [0, 0.1) is 20.8 Å². The molecule has 0 aliphatic heterocycles. The summed E-state index contributed by atoms with van der Waals surface area (Å²) in [6.07, 6.45) is 13.3. The van der Waals surface area contributed by atoms with Crippen molar-refractivity contribution in [2.75, 3.05) is 0 Å². The van der Waals surface area contributed by atoms with Gasteiger partial charge in [-0.1, -0.05) is 278 Å². The molecule has 0 saturated heterocycles. The summed E-state index contributed by atoms with van der Waals surface area (Å²) in [6, 6.07) is 84.9. The predicted molar refractivity (Wildman–Crippen MR) is 304 cm³/mol. The van der Waals surface area contributed by atoms with Crippen molar-refractivity contribution in [3.8, 4) is 22.3 Å². The third-order valence-corrected chi connectivity index (χ3v) is 13.5. The summed E-state index contributed by atoms with van der Waals surface area (Å²) in [6.45, 7) is 10.6. The maximum absolute atomic E-state index is 2.39. The summed E-state index contributed by atoms with van der Waals surface area (Å²) in [4.78, 5) is 0. The Morgan fingerprint density at radius 2 is 0.800 bits per heavy atom. The van der Waals surface area contributed by atoms with Gasteiger partial charge in [0.25, 0.3) is 0 Å². The third kappa shape index (κ3) is 9.68. The van der Waals surface area contributed by atoms with Gasteiger partial charge in [0, 0.05) is 0 Å². The molecule has 0 heteroatoms. The molecule has 1 aliphatic rings. The SMILES string of the molecule is C/C=C/C=C1\C(=C/c2ccc(-c3ccccc3)cc2)C(c2ccccc2)(c2ccccc2)c2ccccc21.C/C=C\c1c(C)c2ccccc2c2ccccc12.Cc1ccc(-c2ccc(C)cc2)cc1. The van der Waals surface area contributed by atoms with Gasteiger partial charge in [0.15, 0.2) is 0 Å². The van der Waals surface area contributed by atoms with Crippen LogP contribution >= 0.6 is 0 Å². The average Bonchev–Trinajstić information content (AvgIpc) is 3.70. The van der Waals surface area contributed by atoms with Crippen LogP contribution in [0.2, 0.25) is 0 Å². The van der Waals surface area contributed by atoms with Crippen LogP contribution in [0.15, 0.2) is 266 Å². The molecule has 0 bridgehead atoms. The van der Waals surface area contributed by atoms with Crippen LogP contribution in [0.1, 0.15) is 63.9 Å². The van der Waals surface area contributed by atoms with Gasteiger partial charge in [-0.05, 0) is 135 Å². The maximum Gasteiger partial charge on any atom is 0.0713 e. The van der Waals surface area contributed by atoms with E-state index in [1.54, 1.807) is 0 Å². The largest absolute Gasteiger partial charge is 0.0876 e. The number of fused-ring (bicyclic) bond motifs is 4. The topological polar surface area (TPSA) is 0 Å². The van der Waals surface area contributed by atoms with E-state index in [2.05, 4.69) is 308 Å². The minimum atomic E-state index is -0.426. The van der Waals surface area contributed by atoms with Gasteiger partial charge in [0.2, 0.25) is 0 Å². The molecule has 0 amide bonds. The lowest BCUT2D eigenvalue weighted by Gasteiger charge is -2.34. The highest BCUT2D eigenvalue weighted by Crippen LogP contribution is 2.57. The van der Waals surface area contributed by atoms with Gasteiger partial charge in [-0.3, -0.25) is 0 Å². The Morgan fingerprint density at radius 3 is 1.33 bits per heavy atom. The van der Waals surface area contributed by atoms with Gasteiger partial charge in [0.1, 0.15) is 0 Å². The summed E-state index contributed by atoms with van der Waals surface area (Å²) < 4.78 is 0. The van der Waals surface area contributed by atoms with Gasteiger partial charge < -0.3 is 0 Å². The summed E-state index contributed by atoms with van der Waals surface area (Å²) in [5.41, 5.74) is 18.8. The summed E-state index contributed by atoms with van der Waals surface area (Å²) in [7, 11) is 0. The lowest BCUT2D eigenvalue weighted by molar-refractivity contribution is 0.774. The van der Waals surface area contributed by atoms with Crippen molar-refractivity contribution in [3.63, 3.8) is 0 Å². The number of hydrogen-bond acceptors (Lipinski definition) is 0. The average molecular weight is 901 g/mol. The normalized spacial score (nSPS) is 13.8. The standard InChI is InChI=1S/C38H30.C18H16.C14H14/c1-2-3-21-35-34-22-13-14-23-36(34)38(32-17-9-5-10-18-32,33-19-11-6-12-20-33)37(35)28-29-24-26-31(27-25-29)30-15-7-4-8-16-30;1-3-8-14-13(2)15-9-4-5-11-17(15)18-12-7-6-10-16(14)18;1-11-3-7-13(8-4-11)14-9-5-12(2)6-10-14/h2-28H,1H3;3-12H,1-2H3;3-10H,1-2H3/b3-2+,35-21-,37-28+;8-3-;. The van der Waals surface area contributed by atoms with E-state index in [0.717, 1.165) is 0 Å². The van der Waals surface area contributed by atoms with Crippen LogP contribution < -0.4 is 0 Å². The molecule has 0 atom stereocenters. The van der Waals surface area contributed by atoms with Crippen LogP contribution in [0.25, 0.3) is 61.5 Å². The minimum absolute atomic E-state index is 0.426. The molecule has 0 N–H and O–H groups in total. The lowest BCUT2D eigenvalue weighted by Crippen LogP contribution is -2.28. The first-order valence-electron chi connectivity index (χ1n) is 24.5. The second-order valence-corrected chi connectivity index (χ2v) is 18.0. The van der Waals surface area contributed by atoms with E-state index in [0.29, 0.717) is 0 Å². The molecule has 10 aromatic rings. The number of rotatable bonds is 7. The Bertz CT molecular complexity index is 3370. The molecule has 0 fully saturated rings. The second kappa shape index (κ2) is 21.8. The fourth-order valence-electron chi connectivity index (χ4n) is 10.0. The molecule has 0 radical (unpaired) electrons. The summed E-state index contributed by atoms with van der Waals surface area (Å²) in [5.74, 6) is 0. The molecule has 0 heterocycles. The number of benzene rings is 10. The van der Waals surface area contributed by atoms with Gasteiger partial charge in [0.05, 0.1) is 5.41 Å². The molecule has 1 aliphatic carbocycles. The smallest absolute Gasteiger partial charge is 0.0713 e. The highest BCUT2D eigenvalue weighted by atomic mass is 14.5. The van der Waals surface area contributed by atoms with Gasteiger partial charge in [-0.15, -0.1) is 0 Å². The fourth-order valence-corrected chi connectivity index (χ4v) is 10.0. The fraction of sp³-hybridized carbons (Fsp3) is 0.0857. The monoisotopic (exact) mass is 900 g/mol. The van der Waals surface area contributed by atoms with Crippen molar-refractivity contribution in [2.24, 2.45) is 0 Å². The van der Waals surface area contributed by atoms with Crippen molar-refractivity contribution in [3.05, 3.63) is 317 Å². The number of hydrogen-bond donors (Lipinski definition) is 0. The molecule has 0 unspecified atom stereocenters. The highest BCUT2D eigenvalue weighted by molar-refractivity contribution is 6.12. The van der Waals surface area contributed by atoms with Crippen molar-refractivity contribution in [1.29, 1.82) is 0 Å². The van der Waals surface area contributed by atoms with Gasteiger partial charge >= 0.3 is 0 Å². The van der Waals surface area contributed by atoms with Gasteiger partial charge in [-0.2, -0.15) is 0 Å². The molecule has 10 aromatic carbocycles. The number of allylic oxidation sites excluding steroid dienone is 6. The Morgan fingerprint density at radius 1 is 0.371 bits per heavy atom. The maximum atomic E-state index is 2.39. The first-order valence-corrected chi connectivity index (χ1v) is 24.5. The Hall–Kier alpha value is -8.32. The molecule has 340 valence electrons. The molecule has 11 rings (SSSR count). The first-order chi connectivity index (χ1) is 34.4. The van der Waals surface area contributed by atoms with E-state index in [9.17, 15) is 0 Å².